The van der Waals surface area contributed by atoms with Crippen molar-refractivity contribution >= 4 is 0 Å². The van der Waals surface area contributed by atoms with Gasteiger partial charge in [-0.05, 0) is 31.8 Å². The number of rotatable bonds is 5. The van der Waals surface area contributed by atoms with E-state index in [-0.39, 0.29) is 0 Å². The molecular weight excluding hydrogens is 196 g/mol. The van der Waals surface area contributed by atoms with Gasteiger partial charge in [-0.25, -0.2) is 0 Å². The molecule has 1 rings (SSSR count). The summed E-state index contributed by atoms with van der Waals surface area (Å²) in [6.45, 7) is 6.88. The average Bonchev–Trinajstić information content (AvgIpc) is 2.31. The van der Waals surface area contributed by atoms with E-state index in [0.29, 0.717) is 5.92 Å². The van der Waals surface area contributed by atoms with Crippen molar-refractivity contribution in [2.45, 2.75) is 19.3 Å². The van der Waals surface area contributed by atoms with E-state index in [1.165, 1.54) is 12.8 Å². The van der Waals surface area contributed by atoms with Crippen molar-refractivity contribution in [3.8, 4) is 6.07 Å². The maximum Gasteiger partial charge on any atom is 0.0624 e. The van der Waals surface area contributed by atoms with E-state index in [2.05, 4.69) is 29.7 Å². The number of likely N-dealkylation sites (tertiary alicyclic amines) is 1. The van der Waals surface area contributed by atoms with Crippen molar-refractivity contribution < 1.29 is 0 Å². The summed E-state index contributed by atoms with van der Waals surface area (Å²) in [6.07, 6.45) is 13.0. The van der Waals surface area contributed by atoms with Crippen LogP contribution in [0.15, 0.2) is 37.0 Å². The Morgan fingerprint density at radius 3 is 2.62 bits per heavy atom. The van der Waals surface area contributed by atoms with Gasteiger partial charge in [-0.3, -0.25) is 4.90 Å². The molecule has 0 unspecified atom stereocenters. The van der Waals surface area contributed by atoms with Gasteiger partial charge in [0.25, 0.3) is 0 Å². The van der Waals surface area contributed by atoms with Crippen molar-refractivity contribution in [3.05, 3.63) is 37.0 Å². The molecule has 16 heavy (non-hydrogen) atoms. The summed E-state index contributed by atoms with van der Waals surface area (Å²) in [6, 6.07) is 2.27. The Balaban J connectivity index is 2.17. The first-order valence-electron chi connectivity index (χ1n) is 5.90. The summed E-state index contributed by atoms with van der Waals surface area (Å²) in [5.41, 5.74) is 0. The average molecular weight is 216 g/mol. The zero-order chi connectivity index (χ0) is 11.6. The number of nitriles is 1. The summed E-state index contributed by atoms with van der Waals surface area (Å²) >= 11 is 0. The van der Waals surface area contributed by atoms with E-state index in [9.17, 15) is 0 Å². The molecule has 0 radical (unpaired) electrons. The van der Waals surface area contributed by atoms with Gasteiger partial charge in [0.1, 0.15) is 0 Å². The summed E-state index contributed by atoms with van der Waals surface area (Å²) in [5, 5.41) is 8.62. The van der Waals surface area contributed by atoms with Crippen LogP contribution in [0.2, 0.25) is 0 Å². The minimum Gasteiger partial charge on any atom is -0.300 e. The predicted octanol–water partition coefficient (Wildman–Crippen LogP) is 2.91. The normalized spacial score (nSPS) is 19.2. The van der Waals surface area contributed by atoms with E-state index in [0.717, 1.165) is 26.1 Å². The van der Waals surface area contributed by atoms with Gasteiger partial charge in [0, 0.05) is 13.0 Å². The van der Waals surface area contributed by atoms with Crippen LogP contribution in [-0.4, -0.2) is 24.5 Å². The standard InChI is InChI=1S/C14H20N2/c1-2-3-4-5-6-11-16-12-8-14(7-10-15)9-13-16/h2-6,14H,1,7-9,11-13H2/b4-3-,6-5+. The molecule has 0 saturated carbocycles. The second kappa shape index (κ2) is 7.90. The Labute approximate surface area is 98.6 Å². The van der Waals surface area contributed by atoms with Gasteiger partial charge >= 0.3 is 0 Å². The molecule has 2 nitrogen and oxygen atoms in total. The highest BCUT2D eigenvalue weighted by Gasteiger charge is 2.17. The molecule has 0 aliphatic carbocycles. The number of nitrogens with zero attached hydrogens (tertiary/aromatic N) is 2. The van der Waals surface area contributed by atoms with Crippen LogP contribution in [0.5, 0.6) is 0 Å². The van der Waals surface area contributed by atoms with E-state index >= 15 is 0 Å². The molecule has 0 aromatic rings. The van der Waals surface area contributed by atoms with Crippen LogP contribution in [0.4, 0.5) is 0 Å². The molecule has 1 fully saturated rings. The first-order chi connectivity index (χ1) is 7.86. The topological polar surface area (TPSA) is 27.0 Å². The second-order valence-corrected chi connectivity index (χ2v) is 4.15. The molecule has 0 bridgehead atoms. The fourth-order valence-electron chi connectivity index (χ4n) is 1.93. The lowest BCUT2D eigenvalue weighted by molar-refractivity contribution is 0.203. The van der Waals surface area contributed by atoms with Gasteiger partial charge in [0.05, 0.1) is 6.07 Å². The minimum absolute atomic E-state index is 0.630. The molecule has 0 atom stereocenters. The Morgan fingerprint density at radius 1 is 1.25 bits per heavy atom. The van der Waals surface area contributed by atoms with Crippen LogP contribution in [0, 0.1) is 17.2 Å². The summed E-state index contributed by atoms with van der Waals surface area (Å²) in [4.78, 5) is 2.44. The van der Waals surface area contributed by atoms with Crippen molar-refractivity contribution in [3.63, 3.8) is 0 Å². The first kappa shape index (κ1) is 12.7. The van der Waals surface area contributed by atoms with Gasteiger partial charge in [0.2, 0.25) is 0 Å². The Morgan fingerprint density at radius 2 is 2.00 bits per heavy atom. The van der Waals surface area contributed by atoms with Crippen LogP contribution < -0.4 is 0 Å². The number of hydrogen-bond acceptors (Lipinski definition) is 2. The number of piperidine rings is 1. The molecule has 0 N–H and O–H groups in total. The minimum atomic E-state index is 0.630. The molecule has 1 aliphatic rings. The van der Waals surface area contributed by atoms with Crippen LogP contribution in [0.1, 0.15) is 19.3 Å². The van der Waals surface area contributed by atoms with Gasteiger partial charge in [-0.1, -0.05) is 37.0 Å². The van der Waals surface area contributed by atoms with Crippen LogP contribution in [0.25, 0.3) is 0 Å². The van der Waals surface area contributed by atoms with Crippen LogP contribution in [-0.2, 0) is 0 Å². The third-order valence-electron chi connectivity index (χ3n) is 2.95. The van der Waals surface area contributed by atoms with Gasteiger partial charge in [-0.15, -0.1) is 0 Å². The molecule has 0 aromatic carbocycles. The summed E-state index contributed by atoms with van der Waals surface area (Å²) in [7, 11) is 0. The van der Waals surface area contributed by atoms with E-state index in [1.807, 2.05) is 12.2 Å². The van der Waals surface area contributed by atoms with Crippen molar-refractivity contribution in [2.24, 2.45) is 5.92 Å². The maximum absolute atomic E-state index is 8.62. The van der Waals surface area contributed by atoms with Gasteiger partial charge < -0.3 is 0 Å². The smallest absolute Gasteiger partial charge is 0.0624 e. The summed E-state index contributed by atoms with van der Waals surface area (Å²) in [5.74, 6) is 0.630. The molecule has 1 aliphatic heterocycles. The quantitative estimate of drug-likeness (QED) is 0.661. The zero-order valence-corrected chi connectivity index (χ0v) is 9.81. The lowest BCUT2D eigenvalue weighted by atomic mass is 9.94. The second-order valence-electron chi connectivity index (χ2n) is 4.15. The van der Waals surface area contributed by atoms with E-state index in [1.54, 1.807) is 6.08 Å². The predicted molar refractivity (Wildman–Crippen MR) is 67.9 cm³/mol. The van der Waals surface area contributed by atoms with Gasteiger partial charge in [0.15, 0.2) is 0 Å². The van der Waals surface area contributed by atoms with E-state index in [4.69, 9.17) is 5.26 Å². The SMILES string of the molecule is C=C/C=C\C=C\CN1CCC(CC#N)CC1. The third kappa shape index (κ3) is 4.95. The van der Waals surface area contributed by atoms with E-state index < -0.39 is 0 Å². The van der Waals surface area contributed by atoms with Crippen molar-refractivity contribution in [1.82, 2.24) is 4.90 Å². The molecule has 1 heterocycles. The highest BCUT2D eigenvalue weighted by Crippen LogP contribution is 2.19. The monoisotopic (exact) mass is 216 g/mol. The molecule has 86 valence electrons. The highest BCUT2D eigenvalue weighted by atomic mass is 15.1. The Kier molecular flexibility index (Phi) is 6.29. The van der Waals surface area contributed by atoms with Gasteiger partial charge in [-0.2, -0.15) is 5.26 Å². The maximum atomic E-state index is 8.62. The Bertz CT molecular complexity index is 288. The fraction of sp³-hybridized carbons (Fsp3) is 0.500. The third-order valence-corrected chi connectivity index (χ3v) is 2.95. The van der Waals surface area contributed by atoms with Crippen LogP contribution in [0.3, 0.4) is 0 Å². The zero-order valence-electron chi connectivity index (χ0n) is 9.81. The lowest BCUT2D eigenvalue weighted by Crippen LogP contribution is -2.33. The van der Waals surface area contributed by atoms with Crippen molar-refractivity contribution in [2.75, 3.05) is 19.6 Å². The Hall–Kier alpha value is -1.33. The summed E-state index contributed by atoms with van der Waals surface area (Å²) < 4.78 is 0. The van der Waals surface area contributed by atoms with Crippen LogP contribution >= 0.6 is 0 Å². The molecule has 1 saturated heterocycles. The first-order valence-corrected chi connectivity index (χ1v) is 5.90. The van der Waals surface area contributed by atoms with Crippen molar-refractivity contribution in [1.29, 1.82) is 5.26 Å². The largest absolute Gasteiger partial charge is 0.300 e. The molecule has 2 heteroatoms. The molecular formula is C14H20N2. The highest BCUT2D eigenvalue weighted by molar-refractivity contribution is 5.09. The molecule has 0 amide bonds. The fourth-order valence-corrected chi connectivity index (χ4v) is 1.93. The lowest BCUT2D eigenvalue weighted by Gasteiger charge is -2.29. The number of hydrogen-bond donors (Lipinski definition) is 0. The number of allylic oxidation sites excluding steroid dienone is 4. The molecule has 0 aromatic heterocycles. The molecule has 0 spiro atoms.